The van der Waals surface area contributed by atoms with Crippen LogP contribution in [0.5, 0.6) is 0 Å². The van der Waals surface area contributed by atoms with Crippen LogP contribution in [0.4, 0.5) is 4.39 Å². The van der Waals surface area contributed by atoms with E-state index < -0.39 is 12.1 Å². The van der Waals surface area contributed by atoms with Gasteiger partial charge in [0, 0.05) is 10.1 Å². The number of H-pyrrole nitrogens is 1. The predicted molar refractivity (Wildman–Crippen MR) is 103 cm³/mol. The van der Waals surface area contributed by atoms with Crippen molar-refractivity contribution < 1.29 is 13.9 Å². The van der Waals surface area contributed by atoms with Gasteiger partial charge >= 0.3 is 5.97 Å². The Balaban J connectivity index is 1.66. The number of nitrogens with one attached hydrogen (secondary N) is 1. The van der Waals surface area contributed by atoms with Crippen LogP contribution >= 0.6 is 11.3 Å². The summed E-state index contributed by atoms with van der Waals surface area (Å²) in [6, 6.07) is 11.7. The highest BCUT2D eigenvalue weighted by Crippen LogP contribution is 2.33. The number of ether oxygens (including phenoxy) is 1. The van der Waals surface area contributed by atoms with Gasteiger partial charge in [0.2, 0.25) is 0 Å². The van der Waals surface area contributed by atoms with Crippen molar-refractivity contribution in [3.63, 3.8) is 0 Å². The number of aromatic amines is 1. The summed E-state index contributed by atoms with van der Waals surface area (Å²) in [7, 11) is 0. The molecule has 7 heteroatoms. The number of benzene rings is 2. The number of carbonyl (C=O) groups excluding carboxylic acids is 1. The number of thiophene rings is 1. The zero-order chi connectivity index (χ0) is 19.1. The van der Waals surface area contributed by atoms with Crippen molar-refractivity contribution in [2.24, 2.45) is 0 Å². The molecule has 1 N–H and O–H groups in total. The highest BCUT2D eigenvalue weighted by molar-refractivity contribution is 7.21. The number of hydrogen-bond donors (Lipinski definition) is 1. The second-order valence-corrected chi connectivity index (χ2v) is 7.24. The first-order chi connectivity index (χ1) is 13.0. The Morgan fingerprint density at radius 1 is 1.22 bits per heavy atom. The number of halogens is 1. The molecule has 0 bridgehead atoms. The minimum absolute atomic E-state index is 0.261. The molecule has 0 aliphatic carbocycles. The normalized spacial score (nSPS) is 12.4. The Morgan fingerprint density at radius 3 is 2.78 bits per heavy atom. The van der Waals surface area contributed by atoms with Crippen LogP contribution in [0.15, 0.2) is 47.3 Å². The van der Waals surface area contributed by atoms with E-state index in [0.29, 0.717) is 31.4 Å². The highest BCUT2D eigenvalue weighted by Gasteiger charge is 2.22. The molecule has 5 nitrogen and oxygen atoms in total. The first kappa shape index (κ1) is 17.4. The molecular formula is C20H15FN2O3S. The number of hydrogen-bond acceptors (Lipinski definition) is 5. The van der Waals surface area contributed by atoms with Gasteiger partial charge in [0.15, 0.2) is 11.9 Å². The average Bonchev–Trinajstić information content (AvgIpc) is 3.00. The minimum Gasteiger partial charge on any atom is -0.450 e. The van der Waals surface area contributed by atoms with Crippen molar-refractivity contribution >= 4 is 38.3 Å². The van der Waals surface area contributed by atoms with E-state index >= 15 is 0 Å². The van der Waals surface area contributed by atoms with Crippen molar-refractivity contribution in [3.8, 4) is 0 Å². The van der Waals surface area contributed by atoms with Crippen molar-refractivity contribution in [2.45, 2.75) is 20.0 Å². The van der Waals surface area contributed by atoms with E-state index in [1.54, 1.807) is 50.2 Å². The van der Waals surface area contributed by atoms with Gasteiger partial charge < -0.3 is 9.72 Å². The van der Waals surface area contributed by atoms with Crippen LogP contribution < -0.4 is 5.56 Å². The van der Waals surface area contributed by atoms with Gasteiger partial charge in [-0.1, -0.05) is 18.2 Å². The van der Waals surface area contributed by atoms with Crippen LogP contribution in [0, 0.1) is 12.7 Å². The lowest BCUT2D eigenvalue weighted by Crippen LogP contribution is -2.17. The molecule has 2 aromatic carbocycles. The predicted octanol–water partition coefficient (Wildman–Crippen LogP) is 4.50. The number of rotatable bonds is 3. The van der Waals surface area contributed by atoms with E-state index in [9.17, 15) is 14.0 Å². The van der Waals surface area contributed by atoms with E-state index in [0.717, 1.165) is 0 Å². The smallest absolute Gasteiger partial charge is 0.349 e. The number of aryl methyl sites for hydroxylation is 1. The maximum absolute atomic E-state index is 14.0. The number of esters is 1. The first-order valence-corrected chi connectivity index (χ1v) is 9.15. The molecule has 0 aliphatic rings. The highest BCUT2D eigenvalue weighted by atomic mass is 32.1. The third-order valence-corrected chi connectivity index (χ3v) is 5.63. The zero-order valence-electron chi connectivity index (χ0n) is 14.6. The number of nitrogens with zero attached hydrogens (tertiary/aromatic N) is 1. The lowest BCUT2D eigenvalue weighted by molar-refractivity contribution is 0.0325. The van der Waals surface area contributed by atoms with Gasteiger partial charge in [-0.3, -0.25) is 4.79 Å². The van der Waals surface area contributed by atoms with Gasteiger partial charge in [0.1, 0.15) is 10.7 Å². The summed E-state index contributed by atoms with van der Waals surface area (Å²) < 4.78 is 20.2. The average molecular weight is 382 g/mol. The Bertz CT molecular complexity index is 1250. The fraction of sp³-hybridized carbons (Fsp3) is 0.150. The van der Waals surface area contributed by atoms with E-state index in [4.69, 9.17) is 4.74 Å². The van der Waals surface area contributed by atoms with Crippen LogP contribution in [0.1, 0.15) is 34.1 Å². The van der Waals surface area contributed by atoms with Crippen LogP contribution in [0.3, 0.4) is 0 Å². The topological polar surface area (TPSA) is 72.0 Å². The summed E-state index contributed by atoms with van der Waals surface area (Å²) in [5, 5.41) is 0.898. The number of para-hydroxylation sites is 1. The van der Waals surface area contributed by atoms with Crippen molar-refractivity contribution in [3.05, 3.63) is 74.9 Å². The standard InChI is InChI=1S/C20H15FN2O3S/c1-10-16-13(21)7-5-9-15(16)27-17(10)20(25)26-11(2)18-22-14-8-4-3-6-12(14)19(24)23-18/h3-9,11H,1-2H3,(H,22,23,24). The van der Waals surface area contributed by atoms with Gasteiger partial charge in [-0.05, 0) is 43.7 Å². The Morgan fingerprint density at radius 2 is 2.00 bits per heavy atom. The molecule has 2 heterocycles. The summed E-state index contributed by atoms with van der Waals surface area (Å²) in [4.78, 5) is 32.2. The summed E-state index contributed by atoms with van der Waals surface area (Å²) in [6.07, 6.45) is -0.760. The lowest BCUT2D eigenvalue weighted by atomic mass is 10.1. The molecule has 0 amide bonds. The fourth-order valence-corrected chi connectivity index (χ4v) is 4.12. The second-order valence-electron chi connectivity index (χ2n) is 6.19. The Labute approximate surface area is 157 Å². The van der Waals surface area contributed by atoms with Crippen molar-refractivity contribution in [1.82, 2.24) is 9.97 Å². The molecule has 27 heavy (non-hydrogen) atoms. The van der Waals surface area contributed by atoms with E-state index in [1.807, 2.05) is 0 Å². The molecule has 0 fully saturated rings. The van der Waals surface area contributed by atoms with Crippen LogP contribution in [-0.4, -0.2) is 15.9 Å². The monoisotopic (exact) mass is 382 g/mol. The molecule has 4 rings (SSSR count). The third kappa shape index (κ3) is 3.00. The summed E-state index contributed by atoms with van der Waals surface area (Å²) in [5.74, 6) is -0.678. The van der Waals surface area contributed by atoms with E-state index in [-0.39, 0.29) is 17.2 Å². The summed E-state index contributed by atoms with van der Waals surface area (Å²) in [5.41, 5.74) is 0.781. The van der Waals surface area contributed by atoms with Crippen LogP contribution in [0.25, 0.3) is 21.0 Å². The molecule has 1 atom stereocenters. The van der Waals surface area contributed by atoms with Gasteiger partial charge in [-0.2, -0.15) is 0 Å². The number of carbonyl (C=O) groups is 1. The molecule has 136 valence electrons. The van der Waals surface area contributed by atoms with Crippen LogP contribution in [-0.2, 0) is 4.74 Å². The minimum atomic E-state index is -0.760. The molecule has 0 spiro atoms. The molecule has 4 aromatic rings. The van der Waals surface area contributed by atoms with Gasteiger partial charge in [0.25, 0.3) is 5.56 Å². The molecule has 0 saturated carbocycles. The molecule has 0 aliphatic heterocycles. The quantitative estimate of drug-likeness (QED) is 0.530. The van der Waals surface area contributed by atoms with E-state index in [2.05, 4.69) is 9.97 Å². The van der Waals surface area contributed by atoms with E-state index in [1.165, 1.54) is 17.4 Å². The number of aromatic nitrogens is 2. The molecule has 0 saturated heterocycles. The Kier molecular flexibility index (Phi) is 4.24. The number of fused-ring (bicyclic) bond motifs is 2. The first-order valence-electron chi connectivity index (χ1n) is 8.33. The SMILES string of the molecule is Cc1c(C(=O)OC(C)c2nc3ccccc3c(=O)[nH]2)sc2cccc(F)c12. The summed E-state index contributed by atoms with van der Waals surface area (Å²) >= 11 is 1.18. The largest absolute Gasteiger partial charge is 0.450 e. The lowest BCUT2D eigenvalue weighted by Gasteiger charge is -2.12. The third-order valence-electron chi connectivity index (χ3n) is 4.39. The second kappa shape index (κ2) is 6.59. The van der Waals surface area contributed by atoms with Crippen molar-refractivity contribution in [2.75, 3.05) is 0 Å². The zero-order valence-corrected chi connectivity index (χ0v) is 15.4. The Hall–Kier alpha value is -3.06. The molecule has 2 aromatic heterocycles. The summed E-state index contributed by atoms with van der Waals surface area (Å²) in [6.45, 7) is 3.33. The van der Waals surface area contributed by atoms with Crippen molar-refractivity contribution in [1.29, 1.82) is 0 Å². The molecular weight excluding hydrogens is 367 g/mol. The van der Waals surface area contributed by atoms with Gasteiger partial charge in [-0.25, -0.2) is 14.2 Å². The maximum atomic E-state index is 14.0. The van der Waals surface area contributed by atoms with Crippen LogP contribution in [0.2, 0.25) is 0 Å². The molecule has 1 unspecified atom stereocenters. The van der Waals surface area contributed by atoms with Gasteiger partial charge in [0.05, 0.1) is 10.9 Å². The fourth-order valence-electron chi connectivity index (χ4n) is 3.02. The molecule has 0 radical (unpaired) electrons. The maximum Gasteiger partial charge on any atom is 0.349 e. The van der Waals surface area contributed by atoms with Gasteiger partial charge in [-0.15, -0.1) is 11.3 Å².